The third-order valence-corrected chi connectivity index (χ3v) is 5.05. The van der Waals surface area contributed by atoms with E-state index in [0.717, 1.165) is 17.9 Å². The molecule has 2 atom stereocenters. The van der Waals surface area contributed by atoms with Crippen LogP contribution in [0.1, 0.15) is 5.56 Å². The van der Waals surface area contributed by atoms with Gasteiger partial charge in [0.25, 0.3) is 0 Å². The number of likely N-dealkylation sites (N-methyl/N-ethyl adjacent to an activating group) is 1. The number of likely N-dealkylation sites (tertiary alicyclic amines) is 1. The summed E-state index contributed by atoms with van der Waals surface area (Å²) in [4.78, 5) is 27.8. The van der Waals surface area contributed by atoms with Crippen LogP contribution < -0.4 is 10.1 Å². The molecule has 2 fully saturated rings. The van der Waals surface area contributed by atoms with Crippen molar-refractivity contribution in [2.45, 2.75) is 6.54 Å². The molecule has 7 heteroatoms. The van der Waals surface area contributed by atoms with Crippen LogP contribution in [0.5, 0.6) is 5.75 Å². The topological polar surface area (TPSA) is 82.1 Å². The summed E-state index contributed by atoms with van der Waals surface area (Å²) in [6.45, 7) is 3.15. The van der Waals surface area contributed by atoms with Gasteiger partial charge >= 0.3 is 5.97 Å². The number of amides is 1. The second kappa shape index (κ2) is 7.01. The van der Waals surface area contributed by atoms with Crippen LogP contribution in [-0.2, 0) is 16.1 Å². The molecule has 0 saturated carbocycles. The molecule has 1 amide bonds. The zero-order valence-corrected chi connectivity index (χ0v) is 14.7. The Balaban J connectivity index is 1.64. The van der Waals surface area contributed by atoms with E-state index >= 15 is 0 Å². The van der Waals surface area contributed by atoms with E-state index in [-0.39, 0.29) is 12.5 Å². The zero-order chi connectivity index (χ0) is 18.0. The lowest BCUT2D eigenvalue weighted by Crippen LogP contribution is -2.40. The minimum atomic E-state index is -0.989. The van der Waals surface area contributed by atoms with Crippen LogP contribution in [0.2, 0.25) is 0 Å². The first-order valence-corrected chi connectivity index (χ1v) is 8.51. The van der Waals surface area contributed by atoms with Crippen molar-refractivity contribution in [1.82, 2.24) is 15.1 Å². The highest BCUT2D eigenvalue weighted by molar-refractivity contribution is 5.92. The first-order valence-electron chi connectivity index (χ1n) is 8.51. The highest BCUT2D eigenvalue weighted by Crippen LogP contribution is 2.40. The van der Waals surface area contributed by atoms with Crippen LogP contribution in [0.15, 0.2) is 24.3 Å². The molecule has 25 heavy (non-hydrogen) atoms. The molecule has 2 N–H and O–H groups in total. The van der Waals surface area contributed by atoms with Crippen molar-refractivity contribution in [3.63, 3.8) is 0 Å². The molecule has 2 saturated heterocycles. The molecule has 0 aromatic heterocycles. The molecule has 3 rings (SSSR count). The van der Waals surface area contributed by atoms with Crippen LogP contribution in [0.4, 0.5) is 0 Å². The number of ether oxygens (including phenoxy) is 1. The van der Waals surface area contributed by atoms with E-state index in [1.165, 1.54) is 0 Å². The molecular formula is C18H25N3O4. The first kappa shape index (κ1) is 17.7. The number of fused-ring (bicyclic) bond motifs is 1. The van der Waals surface area contributed by atoms with Gasteiger partial charge in [-0.3, -0.25) is 14.5 Å². The van der Waals surface area contributed by atoms with E-state index in [1.54, 1.807) is 0 Å². The number of hydrogen-bond acceptors (Lipinski definition) is 5. The summed E-state index contributed by atoms with van der Waals surface area (Å²) < 4.78 is 5.75. The second-order valence-corrected chi connectivity index (χ2v) is 7.20. The molecule has 2 heterocycles. The predicted octanol–water partition coefficient (Wildman–Crippen LogP) is 0.260. The van der Waals surface area contributed by atoms with Gasteiger partial charge in [0.1, 0.15) is 17.8 Å². The molecule has 2 aliphatic heterocycles. The predicted molar refractivity (Wildman–Crippen MR) is 92.3 cm³/mol. The minimum absolute atomic E-state index is 0.148. The van der Waals surface area contributed by atoms with E-state index in [9.17, 15) is 14.7 Å². The van der Waals surface area contributed by atoms with Crippen LogP contribution in [0, 0.1) is 11.3 Å². The largest absolute Gasteiger partial charge is 0.492 e. The number of benzene rings is 1. The molecule has 0 unspecified atom stereocenters. The number of rotatable bonds is 7. The normalized spacial score (nSPS) is 25.9. The van der Waals surface area contributed by atoms with Crippen molar-refractivity contribution >= 4 is 11.9 Å². The number of carbonyl (C=O) groups is 2. The van der Waals surface area contributed by atoms with Gasteiger partial charge in [-0.1, -0.05) is 12.1 Å². The summed E-state index contributed by atoms with van der Waals surface area (Å²) in [5.74, 6) is -0.696. The SMILES string of the molecule is CN(C)CCOc1cccc(CN2C[C@H]3C(=O)NC[C@@]3(C(=O)O)C2)c1. The van der Waals surface area contributed by atoms with E-state index in [0.29, 0.717) is 26.2 Å². The molecule has 136 valence electrons. The van der Waals surface area contributed by atoms with Crippen molar-refractivity contribution < 1.29 is 19.4 Å². The number of nitrogens with one attached hydrogen (secondary N) is 1. The Morgan fingerprint density at radius 2 is 2.28 bits per heavy atom. The van der Waals surface area contributed by atoms with Crippen LogP contribution >= 0.6 is 0 Å². The molecule has 0 spiro atoms. The number of carbonyl (C=O) groups excluding carboxylic acids is 1. The highest BCUT2D eigenvalue weighted by Gasteiger charge is 2.59. The fourth-order valence-corrected chi connectivity index (χ4v) is 3.64. The van der Waals surface area contributed by atoms with E-state index in [2.05, 4.69) is 15.1 Å². The standard InChI is InChI=1S/C18H25N3O4/c1-20(2)6-7-25-14-5-3-4-13(8-14)9-21-10-15-16(22)19-11-18(15,12-21)17(23)24/h3-5,8,15H,6-7,9-12H2,1-2H3,(H,19,22)(H,23,24)/t15-,18+/m0/s1. The van der Waals surface area contributed by atoms with Crippen molar-refractivity contribution in [1.29, 1.82) is 0 Å². The average Bonchev–Trinajstić information content (AvgIpc) is 3.06. The quantitative estimate of drug-likeness (QED) is 0.736. The number of aliphatic carboxylic acids is 1. The Labute approximate surface area is 147 Å². The molecule has 2 aliphatic rings. The number of carboxylic acids is 1. The zero-order valence-electron chi connectivity index (χ0n) is 14.7. The van der Waals surface area contributed by atoms with Gasteiger partial charge in [-0.25, -0.2) is 0 Å². The Hall–Kier alpha value is -2.12. The minimum Gasteiger partial charge on any atom is -0.492 e. The van der Waals surface area contributed by atoms with E-state index in [1.807, 2.05) is 38.4 Å². The maximum Gasteiger partial charge on any atom is 0.313 e. The van der Waals surface area contributed by atoms with Gasteiger partial charge in [-0.05, 0) is 31.8 Å². The maximum absolute atomic E-state index is 12.0. The van der Waals surface area contributed by atoms with E-state index < -0.39 is 17.3 Å². The Kier molecular flexibility index (Phi) is 4.96. The Bertz CT molecular complexity index is 663. The van der Waals surface area contributed by atoms with Crippen molar-refractivity contribution in [3.8, 4) is 5.75 Å². The van der Waals surface area contributed by atoms with E-state index in [4.69, 9.17) is 4.74 Å². The summed E-state index contributed by atoms with van der Waals surface area (Å²) in [5.41, 5.74) is 0.0694. The second-order valence-electron chi connectivity index (χ2n) is 7.20. The summed E-state index contributed by atoms with van der Waals surface area (Å²) in [5, 5.41) is 12.3. The number of carboxylic acid groups (broad SMARTS) is 1. The number of nitrogens with zero attached hydrogens (tertiary/aromatic N) is 2. The average molecular weight is 347 g/mol. The van der Waals surface area contributed by atoms with Crippen molar-refractivity contribution in [3.05, 3.63) is 29.8 Å². The monoisotopic (exact) mass is 347 g/mol. The van der Waals surface area contributed by atoms with Gasteiger partial charge < -0.3 is 20.1 Å². The molecule has 0 aliphatic carbocycles. The van der Waals surface area contributed by atoms with Gasteiger partial charge in [0.2, 0.25) is 5.91 Å². The highest BCUT2D eigenvalue weighted by atomic mass is 16.5. The third kappa shape index (κ3) is 3.62. The lowest BCUT2D eigenvalue weighted by molar-refractivity contribution is -0.149. The van der Waals surface area contributed by atoms with Gasteiger partial charge in [-0.15, -0.1) is 0 Å². The lowest BCUT2D eigenvalue weighted by atomic mass is 9.81. The van der Waals surface area contributed by atoms with Gasteiger partial charge in [0, 0.05) is 32.7 Å². The molecule has 0 radical (unpaired) electrons. The third-order valence-electron chi connectivity index (χ3n) is 5.05. The first-order chi connectivity index (χ1) is 11.9. The van der Waals surface area contributed by atoms with Crippen LogP contribution in [0.25, 0.3) is 0 Å². The lowest BCUT2D eigenvalue weighted by Gasteiger charge is -2.22. The van der Waals surface area contributed by atoms with Crippen molar-refractivity contribution in [2.75, 3.05) is 46.9 Å². The molecular weight excluding hydrogens is 322 g/mol. The Morgan fingerprint density at radius 3 is 2.96 bits per heavy atom. The maximum atomic E-state index is 12.0. The van der Waals surface area contributed by atoms with Gasteiger partial charge in [-0.2, -0.15) is 0 Å². The summed E-state index contributed by atoms with van der Waals surface area (Å²) >= 11 is 0. The summed E-state index contributed by atoms with van der Waals surface area (Å²) in [6, 6.07) is 7.85. The number of hydrogen-bond donors (Lipinski definition) is 2. The van der Waals surface area contributed by atoms with Gasteiger partial charge in [0.15, 0.2) is 0 Å². The van der Waals surface area contributed by atoms with Crippen LogP contribution in [0.3, 0.4) is 0 Å². The Morgan fingerprint density at radius 1 is 1.48 bits per heavy atom. The molecule has 0 bridgehead atoms. The molecule has 1 aromatic carbocycles. The molecule has 1 aromatic rings. The fourth-order valence-electron chi connectivity index (χ4n) is 3.64. The summed E-state index contributed by atoms with van der Waals surface area (Å²) in [7, 11) is 4.00. The van der Waals surface area contributed by atoms with Crippen LogP contribution in [-0.4, -0.2) is 73.7 Å². The van der Waals surface area contributed by atoms with Crippen molar-refractivity contribution in [2.24, 2.45) is 11.3 Å². The smallest absolute Gasteiger partial charge is 0.313 e. The summed E-state index contributed by atoms with van der Waals surface area (Å²) in [6.07, 6.45) is 0. The van der Waals surface area contributed by atoms with Gasteiger partial charge in [0.05, 0.1) is 5.92 Å². The fraction of sp³-hybridized carbons (Fsp3) is 0.556. The molecule has 7 nitrogen and oxygen atoms in total.